The summed E-state index contributed by atoms with van der Waals surface area (Å²) in [5.41, 5.74) is 7.21. The lowest BCUT2D eigenvalue weighted by Gasteiger charge is -2.13. The number of nitrogens with two attached hydrogens (primary N) is 1. The predicted octanol–water partition coefficient (Wildman–Crippen LogP) is 2.43. The van der Waals surface area contributed by atoms with Crippen molar-refractivity contribution in [3.05, 3.63) is 36.2 Å². The minimum atomic E-state index is -0.0200. The number of benzene rings is 1. The standard InChI is InChI=1S/C15H19N3O3/c1-10(2)21-15-13(16)14(17-9-18-15)20-8-11-5-4-6-12(7-11)19-3/h4-7,9-10H,8,16H2,1-3H3. The quantitative estimate of drug-likeness (QED) is 0.879. The van der Waals surface area contributed by atoms with E-state index in [1.807, 2.05) is 38.1 Å². The minimum Gasteiger partial charge on any atom is -0.497 e. The number of hydrogen-bond donors (Lipinski definition) is 1. The summed E-state index contributed by atoms with van der Waals surface area (Å²) < 4.78 is 16.3. The normalized spacial score (nSPS) is 10.5. The van der Waals surface area contributed by atoms with Gasteiger partial charge in [-0.05, 0) is 31.5 Å². The summed E-state index contributed by atoms with van der Waals surface area (Å²) in [5.74, 6) is 1.42. The fourth-order valence-corrected chi connectivity index (χ4v) is 1.71. The van der Waals surface area contributed by atoms with Crippen LogP contribution in [0, 0.1) is 0 Å². The van der Waals surface area contributed by atoms with E-state index in [1.165, 1.54) is 6.33 Å². The van der Waals surface area contributed by atoms with Crippen molar-refractivity contribution in [1.29, 1.82) is 0 Å². The summed E-state index contributed by atoms with van der Waals surface area (Å²) in [5, 5.41) is 0. The molecule has 0 fully saturated rings. The molecule has 1 heterocycles. The second-order valence-electron chi connectivity index (χ2n) is 4.70. The molecule has 0 amide bonds. The van der Waals surface area contributed by atoms with E-state index in [0.717, 1.165) is 11.3 Å². The molecule has 2 aromatic rings. The number of hydrogen-bond acceptors (Lipinski definition) is 6. The Balaban J connectivity index is 2.09. The number of nitrogens with zero attached hydrogens (tertiary/aromatic N) is 2. The van der Waals surface area contributed by atoms with E-state index >= 15 is 0 Å². The maximum Gasteiger partial charge on any atom is 0.244 e. The molecule has 0 saturated carbocycles. The highest BCUT2D eigenvalue weighted by Crippen LogP contribution is 2.28. The van der Waals surface area contributed by atoms with Crippen LogP contribution in [-0.4, -0.2) is 23.2 Å². The molecule has 0 aliphatic heterocycles. The van der Waals surface area contributed by atoms with E-state index in [9.17, 15) is 0 Å². The first-order valence-corrected chi connectivity index (χ1v) is 6.63. The molecule has 0 saturated heterocycles. The molecular formula is C15H19N3O3. The van der Waals surface area contributed by atoms with E-state index in [1.54, 1.807) is 7.11 Å². The fourth-order valence-electron chi connectivity index (χ4n) is 1.71. The van der Waals surface area contributed by atoms with Crippen LogP contribution in [-0.2, 0) is 6.61 Å². The average molecular weight is 289 g/mol. The Bertz CT molecular complexity index is 602. The molecular weight excluding hydrogens is 270 g/mol. The van der Waals surface area contributed by atoms with Crippen LogP contribution in [0.5, 0.6) is 17.5 Å². The first-order chi connectivity index (χ1) is 10.1. The molecule has 112 valence electrons. The fraction of sp³-hybridized carbons (Fsp3) is 0.333. The second-order valence-corrected chi connectivity index (χ2v) is 4.70. The summed E-state index contributed by atoms with van der Waals surface area (Å²) >= 11 is 0. The number of anilines is 1. The molecule has 21 heavy (non-hydrogen) atoms. The molecule has 6 heteroatoms. The highest BCUT2D eigenvalue weighted by molar-refractivity contribution is 5.55. The summed E-state index contributed by atoms with van der Waals surface area (Å²) in [7, 11) is 1.62. The Hall–Kier alpha value is -2.50. The van der Waals surface area contributed by atoms with Gasteiger partial charge in [-0.15, -0.1) is 0 Å². The van der Waals surface area contributed by atoms with E-state index < -0.39 is 0 Å². The van der Waals surface area contributed by atoms with E-state index in [0.29, 0.717) is 24.1 Å². The lowest BCUT2D eigenvalue weighted by atomic mass is 10.2. The van der Waals surface area contributed by atoms with E-state index in [-0.39, 0.29) is 6.10 Å². The summed E-state index contributed by atoms with van der Waals surface area (Å²) in [6, 6.07) is 7.60. The van der Waals surface area contributed by atoms with Crippen LogP contribution in [0.25, 0.3) is 0 Å². The second kappa shape index (κ2) is 6.78. The lowest BCUT2D eigenvalue weighted by molar-refractivity contribution is 0.230. The Morgan fingerprint density at radius 1 is 1.19 bits per heavy atom. The third kappa shape index (κ3) is 3.98. The topological polar surface area (TPSA) is 79.5 Å². The lowest BCUT2D eigenvalue weighted by Crippen LogP contribution is -2.10. The molecule has 0 spiro atoms. The van der Waals surface area contributed by atoms with Crippen LogP contribution in [0.1, 0.15) is 19.4 Å². The van der Waals surface area contributed by atoms with Crippen LogP contribution in [0.15, 0.2) is 30.6 Å². The van der Waals surface area contributed by atoms with Gasteiger partial charge in [0.25, 0.3) is 0 Å². The Labute approximate surface area is 123 Å². The molecule has 0 atom stereocenters. The first-order valence-electron chi connectivity index (χ1n) is 6.63. The molecule has 2 N–H and O–H groups in total. The monoisotopic (exact) mass is 289 g/mol. The van der Waals surface area contributed by atoms with Gasteiger partial charge in [0, 0.05) is 0 Å². The van der Waals surface area contributed by atoms with Crippen molar-refractivity contribution in [3.63, 3.8) is 0 Å². The predicted molar refractivity (Wildman–Crippen MR) is 79.5 cm³/mol. The number of rotatable bonds is 6. The molecule has 0 bridgehead atoms. The smallest absolute Gasteiger partial charge is 0.244 e. The third-order valence-electron chi connectivity index (χ3n) is 2.67. The molecule has 2 rings (SSSR count). The largest absolute Gasteiger partial charge is 0.497 e. The van der Waals surface area contributed by atoms with Crippen LogP contribution in [0.4, 0.5) is 5.69 Å². The molecule has 0 aliphatic carbocycles. The Morgan fingerprint density at radius 2 is 1.95 bits per heavy atom. The molecule has 1 aromatic carbocycles. The van der Waals surface area contributed by atoms with Crippen LogP contribution in [0.2, 0.25) is 0 Å². The molecule has 1 aromatic heterocycles. The van der Waals surface area contributed by atoms with E-state index in [4.69, 9.17) is 19.9 Å². The van der Waals surface area contributed by atoms with Crippen LogP contribution in [0.3, 0.4) is 0 Å². The number of aromatic nitrogens is 2. The highest BCUT2D eigenvalue weighted by Gasteiger charge is 2.12. The van der Waals surface area contributed by atoms with Gasteiger partial charge >= 0.3 is 0 Å². The van der Waals surface area contributed by atoms with Crippen molar-refractivity contribution in [2.75, 3.05) is 12.8 Å². The summed E-state index contributed by atoms with van der Waals surface area (Å²) in [6.07, 6.45) is 1.35. The first kappa shape index (κ1) is 14.9. The van der Waals surface area contributed by atoms with Gasteiger partial charge in [-0.25, -0.2) is 0 Å². The maximum absolute atomic E-state index is 5.95. The van der Waals surface area contributed by atoms with Gasteiger partial charge in [0.1, 0.15) is 18.7 Å². The van der Waals surface area contributed by atoms with Crippen molar-refractivity contribution >= 4 is 5.69 Å². The van der Waals surface area contributed by atoms with Crippen molar-refractivity contribution in [2.45, 2.75) is 26.6 Å². The Kier molecular flexibility index (Phi) is 4.81. The van der Waals surface area contributed by atoms with Gasteiger partial charge < -0.3 is 19.9 Å². The van der Waals surface area contributed by atoms with Gasteiger partial charge in [0.15, 0.2) is 5.69 Å². The SMILES string of the molecule is COc1cccc(COc2ncnc(OC(C)C)c2N)c1. The zero-order valence-electron chi connectivity index (χ0n) is 12.4. The molecule has 0 unspecified atom stereocenters. The zero-order chi connectivity index (χ0) is 15.2. The molecule has 0 aliphatic rings. The molecule has 6 nitrogen and oxygen atoms in total. The summed E-state index contributed by atoms with van der Waals surface area (Å²) in [6.45, 7) is 4.14. The Morgan fingerprint density at radius 3 is 2.67 bits per heavy atom. The number of methoxy groups -OCH3 is 1. The van der Waals surface area contributed by atoms with Gasteiger partial charge in [-0.3, -0.25) is 0 Å². The number of ether oxygens (including phenoxy) is 3. The minimum absolute atomic E-state index is 0.0200. The van der Waals surface area contributed by atoms with Crippen LogP contribution < -0.4 is 19.9 Å². The van der Waals surface area contributed by atoms with Crippen molar-refractivity contribution in [2.24, 2.45) is 0 Å². The van der Waals surface area contributed by atoms with Crippen molar-refractivity contribution < 1.29 is 14.2 Å². The number of nitrogen functional groups attached to an aromatic ring is 1. The average Bonchev–Trinajstić information content (AvgIpc) is 2.48. The van der Waals surface area contributed by atoms with Gasteiger partial charge in [-0.1, -0.05) is 12.1 Å². The maximum atomic E-state index is 5.95. The van der Waals surface area contributed by atoms with Gasteiger partial charge in [0.05, 0.1) is 13.2 Å². The highest BCUT2D eigenvalue weighted by atomic mass is 16.5. The van der Waals surface area contributed by atoms with Crippen LogP contribution >= 0.6 is 0 Å². The van der Waals surface area contributed by atoms with E-state index in [2.05, 4.69) is 9.97 Å². The van der Waals surface area contributed by atoms with Gasteiger partial charge in [0.2, 0.25) is 11.8 Å². The zero-order valence-corrected chi connectivity index (χ0v) is 12.4. The molecule has 0 radical (unpaired) electrons. The van der Waals surface area contributed by atoms with Crippen molar-refractivity contribution in [3.8, 4) is 17.5 Å². The third-order valence-corrected chi connectivity index (χ3v) is 2.67. The van der Waals surface area contributed by atoms with Crippen molar-refractivity contribution in [1.82, 2.24) is 9.97 Å². The summed E-state index contributed by atoms with van der Waals surface area (Å²) in [4.78, 5) is 8.04. The van der Waals surface area contributed by atoms with Gasteiger partial charge in [-0.2, -0.15) is 9.97 Å².